The Labute approximate surface area is 189 Å². The van der Waals surface area contributed by atoms with Crippen molar-refractivity contribution in [2.45, 2.75) is 25.8 Å². The van der Waals surface area contributed by atoms with Gasteiger partial charge in [-0.05, 0) is 50.1 Å². The van der Waals surface area contributed by atoms with Crippen molar-refractivity contribution in [2.24, 2.45) is 0 Å². The first-order valence-electron chi connectivity index (χ1n) is 9.94. The molecule has 0 radical (unpaired) electrons. The van der Waals surface area contributed by atoms with Crippen LogP contribution in [0.5, 0.6) is 5.75 Å². The molecule has 3 aromatic rings. The zero-order valence-electron chi connectivity index (χ0n) is 17.2. The largest absolute Gasteiger partial charge is 0.496 e. The van der Waals surface area contributed by atoms with Gasteiger partial charge in [0, 0.05) is 28.2 Å². The fourth-order valence-electron chi connectivity index (χ4n) is 3.73. The molecule has 2 amide bonds. The molecule has 1 aliphatic heterocycles. The molecule has 8 heteroatoms. The lowest BCUT2D eigenvalue weighted by Gasteiger charge is -2.25. The van der Waals surface area contributed by atoms with Crippen LogP contribution >= 0.6 is 22.9 Å². The number of nitrogens with one attached hydrogen (secondary N) is 1. The Balaban J connectivity index is 1.48. The first-order valence-corrected chi connectivity index (χ1v) is 11.2. The molecule has 1 N–H and O–H groups in total. The van der Waals surface area contributed by atoms with Crippen LogP contribution in [-0.4, -0.2) is 41.4 Å². The number of hydrogen-bond donors (Lipinski definition) is 1. The maximum atomic E-state index is 13.2. The standard InChI is InChI=1S/C23H22ClN3O3S/c1-14-25-19(13-31-14)15-5-8-17(9-6-15)26-22(28)20-4-3-11-27(20)23(29)18-12-16(24)7-10-21(18)30-2/h5-10,12-13,20H,3-4,11H2,1-2H3,(H,26,28). The smallest absolute Gasteiger partial charge is 0.258 e. The Morgan fingerprint density at radius 2 is 2.00 bits per heavy atom. The molecule has 2 heterocycles. The van der Waals surface area contributed by atoms with Gasteiger partial charge in [0.15, 0.2) is 0 Å². The van der Waals surface area contributed by atoms with Crippen LogP contribution in [0, 0.1) is 6.92 Å². The molecule has 0 spiro atoms. The van der Waals surface area contributed by atoms with Gasteiger partial charge in [0.05, 0.1) is 23.4 Å². The summed E-state index contributed by atoms with van der Waals surface area (Å²) in [5, 5.41) is 6.40. The predicted octanol–water partition coefficient (Wildman–Crippen LogP) is 5.02. The molecule has 1 unspecified atom stereocenters. The van der Waals surface area contributed by atoms with Crippen molar-refractivity contribution < 1.29 is 14.3 Å². The van der Waals surface area contributed by atoms with E-state index in [1.54, 1.807) is 34.4 Å². The molecule has 0 bridgehead atoms. The molecule has 0 aliphatic carbocycles. The Morgan fingerprint density at radius 3 is 2.68 bits per heavy atom. The molecule has 1 aromatic heterocycles. The lowest BCUT2D eigenvalue weighted by molar-refractivity contribution is -0.119. The number of aromatic nitrogens is 1. The van der Waals surface area contributed by atoms with Crippen LogP contribution in [0.4, 0.5) is 5.69 Å². The van der Waals surface area contributed by atoms with Gasteiger partial charge in [-0.25, -0.2) is 4.98 Å². The molecule has 160 valence electrons. The number of nitrogens with zero attached hydrogens (tertiary/aromatic N) is 2. The number of rotatable bonds is 5. The molecule has 31 heavy (non-hydrogen) atoms. The van der Waals surface area contributed by atoms with Crippen molar-refractivity contribution in [1.29, 1.82) is 0 Å². The summed E-state index contributed by atoms with van der Waals surface area (Å²) in [5.74, 6) is -0.0244. The van der Waals surface area contributed by atoms with Gasteiger partial charge in [-0.15, -0.1) is 11.3 Å². The summed E-state index contributed by atoms with van der Waals surface area (Å²) >= 11 is 7.68. The number of methoxy groups -OCH3 is 1. The number of carbonyl (C=O) groups excluding carboxylic acids is 2. The van der Waals surface area contributed by atoms with E-state index in [1.807, 2.05) is 36.6 Å². The number of benzene rings is 2. The highest BCUT2D eigenvalue weighted by molar-refractivity contribution is 7.09. The van der Waals surface area contributed by atoms with Gasteiger partial charge >= 0.3 is 0 Å². The fraction of sp³-hybridized carbons (Fsp3) is 0.261. The number of halogens is 1. The average molecular weight is 456 g/mol. The minimum Gasteiger partial charge on any atom is -0.496 e. The van der Waals surface area contributed by atoms with Crippen LogP contribution in [0.15, 0.2) is 47.8 Å². The van der Waals surface area contributed by atoms with E-state index < -0.39 is 6.04 Å². The van der Waals surface area contributed by atoms with Crippen LogP contribution in [0.2, 0.25) is 5.02 Å². The van der Waals surface area contributed by atoms with Gasteiger partial charge in [0.2, 0.25) is 5.91 Å². The summed E-state index contributed by atoms with van der Waals surface area (Å²) in [6.07, 6.45) is 1.37. The second-order valence-electron chi connectivity index (χ2n) is 7.32. The maximum absolute atomic E-state index is 13.2. The molecule has 0 saturated carbocycles. The molecule has 1 atom stereocenters. The van der Waals surface area contributed by atoms with Gasteiger partial charge in [-0.1, -0.05) is 23.7 Å². The number of carbonyl (C=O) groups is 2. The minimum absolute atomic E-state index is 0.205. The lowest BCUT2D eigenvalue weighted by atomic mass is 10.1. The summed E-state index contributed by atoms with van der Waals surface area (Å²) < 4.78 is 5.31. The van der Waals surface area contributed by atoms with Gasteiger partial charge in [0.1, 0.15) is 11.8 Å². The average Bonchev–Trinajstić information content (AvgIpc) is 3.43. The molecule has 4 rings (SSSR count). The summed E-state index contributed by atoms with van der Waals surface area (Å²) in [6.45, 7) is 2.48. The molecular formula is C23H22ClN3O3S. The zero-order valence-corrected chi connectivity index (χ0v) is 18.8. The van der Waals surface area contributed by atoms with E-state index >= 15 is 0 Å². The molecule has 2 aromatic carbocycles. The van der Waals surface area contributed by atoms with Gasteiger partial charge in [0.25, 0.3) is 5.91 Å². The van der Waals surface area contributed by atoms with E-state index in [-0.39, 0.29) is 11.8 Å². The summed E-state index contributed by atoms with van der Waals surface area (Å²) in [6, 6.07) is 11.9. The number of amides is 2. The monoisotopic (exact) mass is 455 g/mol. The Bertz CT molecular complexity index is 1110. The summed E-state index contributed by atoms with van der Waals surface area (Å²) in [5.41, 5.74) is 2.95. The fourth-order valence-corrected chi connectivity index (χ4v) is 4.52. The van der Waals surface area contributed by atoms with Crippen molar-refractivity contribution in [2.75, 3.05) is 19.0 Å². The van der Waals surface area contributed by atoms with Gasteiger partial charge < -0.3 is 15.0 Å². The second kappa shape index (κ2) is 9.08. The number of anilines is 1. The van der Waals surface area contributed by atoms with E-state index in [9.17, 15) is 9.59 Å². The van der Waals surface area contributed by atoms with Crippen molar-refractivity contribution in [3.05, 3.63) is 63.4 Å². The van der Waals surface area contributed by atoms with Crippen LogP contribution in [0.3, 0.4) is 0 Å². The SMILES string of the molecule is COc1ccc(Cl)cc1C(=O)N1CCCC1C(=O)Nc1ccc(-c2csc(C)n2)cc1. The number of ether oxygens (including phenoxy) is 1. The third-order valence-electron chi connectivity index (χ3n) is 5.28. The Morgan fingerprint density at radius 1 is 1.23 bits per heavy atom. The highest BCUT2D eigenvalue weighted by atomic mass is 35.5. The van der Waals surface area contributed by atoms with Crippen LogP contribution in [0.1, 0.15) is 28.2 Å². The Hall–Kier alpha value is -2.90. The number of likely N-dealkylation sites (tertiary alicyclic amines) is 1. The number of hydrogen-bond acceptors (Lipinski definition) is 5. The highest BCUT2D eigenvalue weighted by Gasteiger charge is 2.35. The summed E-state index contributed by atoms with van der Waals surface area (Å²) in [7, 11) is 1.50. The van der Waals surface area contributed by atoms with Gasteiger partial charge in [-0.2, -0.15) is 0 Å². The van der Waals surface area contributed by atoms with Crippen LogP contribution in [0.25, 0.3) is 11.3 Å². The minimum atomic E-state index is -0.544. The third kappa shape index (κ3) is 4.57. The second-order valence-corrected chi connectivity index (χ2v) is 8.82. The van der Waals surface area contributed by atoms with E-state index in [2.05, 4.69) is 10.3 Å². The third-order valence-corrected chi connectivity index (χ3v) is 6.28. The van der Waals surface area contributed by atoms with Crippen molar-refractivity contribution in [1.82, 2.24) is 9.88 Å². The highest BCUT2D eigenvalue weighted by Crippen LogP contribution is 2.29. The number of thiazole rings is 1. The quantitative estimate of drug-likeness (QED) is 0.586. The van der Waals surface area contributed by atoms with Gasteiger partial charge in [-0.3, -0.25) is 9.59 Å². The normalized spacial score (nSPS) is 15.7. The van der Waals surface area contributed by atoms with E-state index in [0.717, 1.165) is 22.7 Å². The lowest BCUT2D eigenvalue weighted by Crippen LogP contribution is -2.43. The molecule has 1 saturated heterocycles. The van der Waals surface area contributed by atoms with Crippen molar-refractivity contribution in [3.63, 3.8) is 0 Å². The van der Waals surface area contributed by atoms with Crippen LogP contribution < -0.4 is 10.1 Å². The predicted molar refractivity (Wildman–Crippen MR) is 123 cm³/mol. The van der Waals surface area contributed by atoms with Crippen molar-refractivity contribution >= 4 is 40.4 Å². The molecule has 6 nitrogen and oxygen atoms in total. The topological polar surface area (TPSA) is 71.5 Å². The molecular weight excluding hydrogens is 434 g/mol. The first-order chi connectivity index (χ1) is 15.0. The maximum Gasteiger partial charge on any atom is 0.258 e. The zero-order chi connectivity index (χ0) is 22.0. The number of aryl methyl sites for hydroxylation is 1. The first kappa shape index (κ1) is 21.3. The van der Waals surface area contributed by atoms with E-state index in [4.69, 9.17) is 16.3 Å². The van der Waals surface area contributed by atoms with E-state index in [1.165, 1.54) is 7.11 Å². The van der Waals surface area contributed by atoms with Crippen LogP contribution in [-0.2, 0) is 4.79 Å². The molecule has 1 aliphatic rings. The molecule has 1 fully saturated rings. The van der Waals surface area contributed by atoms with Crippen molar-refractivity contribution in [3.8, 4) is 17.0 Å². The summed E-state index contributed by atoms with van der Waals surface area (Å²) in [4.78, 5) is 32.2. The Kier molecular flexibility index (Phi) is 6.25. The van der Waals surface area contributed by atoms with E-state index in [0.29, 0.717) is 35.0 Å².